The molecule has 1 aromatic carbocycles. The Morgan fingerprint density at radius 1 is 1.06 bits per heavy atom. The number of hydrogen-bond acceptors (Lipinski definition) is 7. The summed E-state index contributed by atoms with van der Waals surface area (Å²) in [6.45, 7) is 2.00. The van der Waals surface area contributed by atoms with Gasteiger partial charge in [-0.1, -0.05) is 24.3 Å². The van der Waals surface area contributed by atoms with Gasteiger partial charge in [0.2, 0.25) is 11.8 Å². The second kappa shape index (κ2) is 8.06. The molecule has 0 atom stereocenters. The number of nitrogens with zero attached hydrogens (tertiary/aromatic N) is 6. The SMILES string of the molecule is COc1ncnc(C2CC2)c1-c1nc2ccnc(Cc3ccc(-c4nc(C)cn4C)cc3)c2o1. The van der Waals surface area contributed by atoms with E-state index in [4.69, 9.17) is 14.1 Å². The van der Waals surface area contributed by atoms with Gasteiger partial charge in [-0.15, -0.1) is 0 Å². The molecule has 6 rings (SSSR count). The van der Waals surface area contributed by atoms with Crippen LogP contribution in [0, 0.1) is 6.92 Å². The number of imidazole rings is 1. The molecule has 34 heavy (non-hydrogen) atoms. The molecule has 1 saturated carbocycles. The van der Waals surface area contributed by atoms with Crippen molar-refractivity contribution in [1.82, 2.24) is 29.5 Å². The highest BCUT2D eigenvalue weighted by Gasteiger charge is 2.32. The van der Waals surface area contributed by atoms with Gasteiger partial charge in [0.1, 0.15) is 23.2 Å². The van der Waals surface area contributed by atoms with Crippen LogP contribution in [0.25, 0.3) is 33.9 Å². The minimum atomic E-state index is 0.403. The van der Waals surface area contributed by atoms with E-state index in [1.54, 1.807) is 19.6 Å². The molecular formula is C26H24N6O2. The van der Waals surface area contributed by atoms with Crippen molar-refractivity contribution >= 4 is 11.1 Å². The molecule has 4 aromatic heterocycles. The van der Waals surface area contributed by atoms with Crippen LogP contribution >= 0.6 is 0 Å². The molecule has 1 fully saturated rings. The van der Waals surface area contributed by atoms with Crippen molar-refractivity contribution in [2.24, 2.45) is 7.05 Å². The van der Waals surface area contributed by atoms with Gasteiger partial charge in [0.15, 0.2) is 5.58 Å². The van der Waals surface area contributed by atoms with E-state index in [2.05, 4.69) is 44.2 Å². The van der Waals surface area contributed by atoms with Crippen molar-refractivity contribution in [3.63, 3.8) is 0 Å². The van der Waals surface area contributed by atoms with Gasteiger partial charge in [0, 0.05) is 37.3 Å². The molecule has 0 spiro atoms. The first-order valence-electron chi connectivity index (χ1n) is 11.3. The van der Waals surface area contributed by atoms with Gasteiger partial charge in [0.05, 0.1) is 24.2 Å². The first kappa shape index (κ1) is 20.5. The lowest BCUT2D eigenvalue weighted by atomic mass is 10.1. The molecule has 1 aliphatic carbocycles. The summed E-state index contributed by atoms with van der Waals surface area (Å²) >= 11 is 0. The third-order valence-electron chi connectivity index (χ3n) is 6.17. The van der Waals surface area contributed by atoms with Gasteiger partial charge < -0.3 is 13.7 Å². The van der Waals surface area contributed by atoms with Crippen LogP contribution in [0.15, 0.2) is 53.5 Å². The van der Waals surface area contributed by atoms with Gasteiger partial charge >= 0.3 is 0 Å². The zero-order chi connectivity index (χ0) is 23.2. The van der Waals surface area contributed by atoms with Crippen LogP contribution in [0.5, 0.6) is 5.88 Å². The smallest absolute Gasteiger partial charge is 0.234 e. The van der Waals surface area contributed by atoms with Crippen LogP contribution in [0.4, 0.5) is 0 Å². The number of rotatable bonds is 6. The number of benzene rings is 1. The van der Waals surface area contributed by atoms with Gasteiger partial charge in [-0.25, -0.2) is 19.9 Å². The van der Waals surface area contributed by atoms with Crippen LogP contribution in [0.3, 0.4) is 0 Å². The quantitative estimate of drug-likeness (QED) is 0.363. The standard InChI is InChI=1S/C26H24N6O2/c1-15-13-32(2)24(30-15)18-6-4-16(5-7-18)12-20-23-19(10-11-27-20)31-26(34-23)21-22(17-8-9-17)28-14-29-25(21)33-3/h4-7,10-11,13-14,17H,8-9,12H2,1-3H3. The predicted octanol–water partition coefficient (Wildman–Crippen LogP) is 4.87. The Morgan fingerprint density at radius 3 is 2.59 bits per heavy atom. The Kier molecular flexibility index (Phi) is 4.86. The largest absolute Gasteiger partial charge is 0.480 e. The summed E-state index contributed by atoms with van der Waals surface area (Å²) in [7, 11) is 3.62. The zero-order valence-corrected chi connectivity index (χ0v) is 19.3. The number of aromatic nitrogens is 6. The van der Waals surface area contributed by atoms with E-state index in [9.17, 15) is 0 Å². The second-order valence-electron chi connectivity index (χ2n) is 8.73. The molecule has 8 nitrogen and oxygen atoms in total. The Bertz CT molecular complexity index is 1500. The molecule has 0 saturated heterocycles. The molecule has 0 radical (unpaired) electrons. The fourth-order valence-electron chi connectivity index (χ4n) is 4.39. The summed E-state index contributed by atoms with van der Waals surface area (Å²) in [5.74, 6) is 2.32. The monoisotopic (exact) mass is 452 g/mol. The molecule has 0 N–H and O–H groups in total. The molecule has 8 heteroatoms. The Morgan fingerprint density at radius 2 is 1.88 bits per heavy atom. The molecule has 0 amide bonds. The van der Waals surface area contributed by atoms with E-state index >= 15 is 0 Å². The normalized spacial score (nSPS) is 13.5. The number of ether oxygens (including phenoxy) is 1. The fourth-order valence-corrected chi connectivity index (χ4v) is 4.39. The van der Waals surface area contributed by atoms with Crippen molar-refractivity contribution in [3.05, 3.63) is 71.7 Å². The Hall–Kier alpha value is -4.07. The number of methoxy groups -OCH3 is 1. The van der Waals surface area contributed by atoms with Crippen molar-refractivity contribution in [2.75, 3.05) is 7.11 Å². The maximum absolute atomic E-state index is 6.28. The Labute approximate surface area is 196 Å². The van der Waals surface area contributed by atoms with E-state index in [-0.39, 0.29) is 0 Å². The third-order valence-corrected chi connectivity index (χ3v) is 6.17. The molecule has 170 valence electrons. The molecule has 4 heterocycles. The molecular weight excluding hydrogens is 428 g/mol. The minimum Gasteiger partial charge on any atom is -0.480 e. The number of oxazole rings is 1. The lowest BCUT2D eigenvalue weighted by Crippen LogP contribution is -1.99. The number of aryl methyl sites for hydroxylation is 2. The molecule has 0 bridgehead atoms. The predicted molar refractivity (Wildman–Crippen MR) is 128 cm³/mol. The van der Waals surface area contributed by atoms with Crippen molar-refractivity contribution in [3.8, 4) is 28.7 Å². The van der Waals surface area contributed by atoms with Crippen LogP contribution in [0.2, 0.25) is 0 Å². The zero-order valence-electron chi connectivity index (χ0n) is 19.3. The van der Waals surface area contributed by atoms with Gasteiger partial charge in [-0.2, -0.15) is 0 Å². The van der Waals surface area contributed by atoms with Crippen molar-refractivity contribution < 1.29 is 9.15 Å². The van der Waals surface area contributed by atoms with Crippen LogP contribution in [-0.4, -0.2) is 36.6 Å². The maximum atomic E-state index is 6.28. The van der Waals surface area contributed by atoms with Crippen molar-refractivity contribution in [1.29, 1.82) is 0 Å². The summed E-state index contributed by atoms with van der Waals surface area (Å²) in [6, 6.07) is 10.3. The lowest BCUT2D eigenvalue weighted by Gasteiger charge is -2.08. The minimum absolute atomic E-state index is 0.403. The van der Waals surface area contributed by atoms with E-state index in [1.807, 2.05) is 30.8 Å². The van der Waals surface area contributed by atoms with Gasteiger partial charge in [0.25, 0.3) is 0 Å². The van der Waals surface area contributed by atoms with E-state index in [0.717, 1.165) is 58.0 Å². The highest BCUT2D eigenvalue weighted by Crippen LogP contribution is 2.45. The van der Waals surface area contributed by atoms with Crippen molar-refractivity contribution in [2.45, 2.75) is 32.1 Å². The van der Waals surface area contributed by atoms with E-state index in [1.165, 1.54) is 0 Å². The molecule has 1 aliphatic rings. The molecule has 0 aliphatic heterocycles. The van der Waals surface area contributed by atoms with Gasteiger partial charge in [-0.3, -0.25) is 4.98 Å². The average Bonchev–Trinajstić information content (AvgIpc) is 3.51. The highest BCUT2D eigenvalue weighted by atomic mass is 16.5. The van der Waals surface area contributed by atoms with Crippen LogP contribution in [-0.2, 0) is 13.5 Å². The van der Waals surface area contributed by atoms with Gasteiger partial charge in [-0.05, 0) is 31.4 Å². The second-order valence-corrected chi connectivity index (χ2v) is 8.73. The highest BCUT2D eigenvalue weighted by molar-refractivity contribution is 5.79. The van der Waals surface area contributed by atoms with E-state index in [0.29, 0.717) is 29.7 Å². The number of pyridine rings is 1. The van der Waals surface area contributed by atoms with E-state index < -0.39 is 0 Å². The third kappa shape index (κ3) is 3.61. The maximum Gasteiger partial charge on any atom is 0.234 e. The summed E-state index contributed by atoms with van der Waals surface area (Å²) < 4.78 is 13.8. The summed E-state index contributed by atoms with van der Waals surface area (Å²) in [5, 5.41) is 0. The fraction of sp³-hybridized carbons (Fsp3) is 0.269. The summed E-state index contributed by atoms with van der Waals surface area (Å²) in [4.78, 5) is 22.8. The van der Waals surface area contributed by atoms with Crippen LogP contribution < -0.4 is 4.74 Å². The topological polar surface area (TPSA) is 91.8 Å². The number of fused-ring (bicyclic) bond motifs is 1. The molecule has 5 aromatic rings. The molecule has 0 unspecified atom stereocenters. The summed E-state index contributed by atoms with van der Waals surface area (Å²) in [5.41, 5.74) is 7.16. The summed E-state index contributed by atoms with van der Waals surface area (Å²) in [6.07, 6.45) is 8.18. The first-order valence-corrected chi connectivity index (χ1v) is 11.3. The first-order chi connectivity index (χ1) is 16.6. The average molecular weight is 453 g/mol. The number of hydrogen-bond donors (Lipinski definition) is 0. The van der Waals surface area contributed by atoms with Crippen LogP contribution in [0.1, 0.15) is 41.4 Å². The lowest BCUT2D eigenvalue weighted by molar-refractivity contribution is 0.396. The Balaban J connectivity index is 1.35.